The maximum Gasteiger partial charge on any atom is 0.334 e. The number of benzene rings is 1. The van der Waals surface area contributed by atoms with E-state index in [0.717, 1.165) is 5.56 Å². The van der Waals surface area contributed by atoms with E-state index >= 15 is 0 Å². The van der Waals surface area contributed by atoms with Crippen molar-refractivity contribution in [2.45, 2.75) is 38.6 Å². The molecule has 1 atom stereocenters. The van der Waals surface area contributed by atoms with Crippen molar-refractivity contribution in [3.8, 4) is 0 Å². The summed E-state index contributed by atoms with van der Waals surface area (Å²) in [7, 11) is 1.24. The van der Waals surface area contributed by atoms with Gasteiger partial charge in [0.15, 0.2) is 0 Å². The average molecular weight is 319 g/mol. The van der Waals surface area contributed by atoms with Crippen molar-refractivity contribution in [1.29, 1.82) is 0 Å². The number of ether oxygens (including phenoxy) is 1. The van der Waals surface area contributed by atoms with E-state index in [1.54, 1.807) is 18.2 Å². The fraction of sp³-hybridized carbons (Fsp3) is 0.412. The van der Waals surface area contributed by atoms with E-state index in [2.05, 4.69) is 0 Å². The molecule has 6 heteroatoms. The number of hydrogen-bond donors (Lipinski definition) is 0. The van der Waals surface area contributed by atoms with Gasteiger partial charge in [-0.1, -0.05) is 30.3 Å². The first-order valence-electron chi connectivity index (χ1n) is 7.26. The molecule has 0 fully saturated rings. The number of methoxy groups -OCH3 is 1. The zero-order chi connectivity index (χ0) is 17.5. The van der Waals surface area contributed by atoms with Crippen molar-refractivity contribution in [1.82, 2.24) is 0 Å². The van der Waals surface area contributed by atoms with Crippen molar-refractivity contribution in [3.05, 3.63) is 51.6 Å². The predicted molar refractivity (Wildman–Crippen MR) is 86.4 cm³/mol. The summed E-state index contributed by atoms with van der Waals surface area (Å²) in [6.45, 7) is 2.83. The Kier molecular flexibility index (Phi) is 6.63. The standard InChI is InChI=1S/C17H21NO5/c1-13(19)9-10-17(2,18(21)22)12-15(16(20)23-3)11-14-7-5-4-6-8-14/h4-8,11H,9-10,12H2,1-3H3/b15-11-. The van der Waals surface area contributed by atoms with E-state index in [1.807, 2.05) is 18.2 Å². The number of nitrogens with zero attached hydrogens (tertiary/aromatic N) is 1. The van der Waals surface area contributed by atoms with E-state index in [9.17, 15) is 19.7 Å². The number of carbonyl (C=O) groups is 2. The van der Waals surface area contributed by atoms with Gasteiger partial charge >= 0.3 is 5.97 Å². The number of Topliss-reactive ketones (excluding diaryl/α,β-unsaturated/α-hetero) is 1. The molecule has 0 bridgehead atoms. The zero-order valence-electron chi connectivity index (χ0n) is 13.6. The molecule has 0 amide bonds. The molecule has 0 N–H and O–H groups in total. The van der Waals surface area contributed by atoms with Crippen LogP contribution in [0.5, 0.6) is 0 Å². The van der Waals surface area contributed by atoms with Gasteiger partial charge in [0.05, 0.1) is 7.11 Å². The first-order valence-corrected chi connectivity index (χ1v) is 7.26. The number of rotatable bonds is 8. The van der Waals surface area contributed by atoms with Crippen molar-refractivity contribution in [2.24, 2.45) is 0 Å². The van der Waals surface area contributed by atoms with Gasteiger partial charge in [-0.25, -0.2) is 4.79 Å². The monoisotopic (exact) mass is 319 g/mol. The molecule has 0 radical (unpaired) electrons. The van der Waals surface area contributed by atoms with Crippen LogP contribution in [-0.2, 0) is 14.3 Å². The van der Waals surface area contributed by atoms with Crippen molar-refractivity contribution >= 4 is 17.8 Å². The van der Waals surface area contributed by atoms with Crippen LogP contribution >= 0.6 is 0 Å². The zero-order valence-corrected chi connectivity index (χ0v) is 13.6. The summed E-state index contributed by atoms with van der Waals surface area (Å²) in [5, 5.41) is 11.4. The number of esters is 1. The predicted octanol–water partition coefficient (Wildman–Crippen LogP) is 3.04. The Bertz CT molecular complexity index is 609. The molecule has 1 aromatic rings. The Morgan fingerprint density at radius 3 is 2.39 bits per heavy atom. The minimum absolute atomic E-state index is 0.0679. The molecular formula is C17H21NO5. The summed E-state index contributed by atoms with van der Waals surface area (Å²) in [5.41, 5.74) is -0.438. The molecule has 6 nitrogen and oxygen atoms in total. The first kappa shape index (κ1) is 18.5. The third kappa shape index (κ3) is 5.65. The second kappa shape index (κ2) is 8.22. The van der Waals surface area contributed by atoms with Gasteiger partial charge in [-0.15, -0.1) is 0 Å². The van der Waals surface area contributed by atoms with E-state index in [1.165, 1.54) is 21.0 Å². The molecule has 0 heterocycles. The van der Waals surface area contributed by atoms with Crippen LogP contribution in [0, 0.1) is 10.1 Å². The summed E-state index contributed by atoms with van der Waals surface area (Å²) >= 11 is 0. The Morgan fingerprint density at radius 1 is 1.30 bits per heavy atom. The van der Waals surface area contributed by atoms with Crippen LogP contribution in [0.3, 0.4) is 0 Å². The van der Waals surface area contributed by atoms with Crippen LogP contribution in [0.2, 0.25) is 0 Å². The number of nitro groups is 1. The molecular weight excluding hydrogens is 298 g/mol. The van der Waals surface area contributed by atoms with Gasteiger partial charge in [-0.05, 0) is 18.6 Å². The van der Waals surface area contributed by atoms with E-state index in [4.69, 9.17) is 4.74 Å². The van der Waals surface area contributed by atoms with Gasteiger partial charge in [-0.3, -0.25) is 10.1 Å². The lowest BCUT2D eigenvalue weighted by atomic mass is 9.87. The average Bonchev–Trinajstić information content (AvgIpc) is 2.52. The van der Waals surface area contributed by atoms with Crippen LogP contribution in [-0.4, -0.2) is 29.3 Å². The summed E-state index contributed by atoms with van der Waals surface area (Å²) in [5.74, 6) is -0.727. The van der Waals surface area contributed by atoms with Crippen molar-refractivity contribution in [3.63, 3.8) is 0 Å². The Hall–Kier alpha value is -2.50. The van der Waals surface area contributed by atoms with Crippen LogP contribution < -0.4 is 0 Å². The highest BCUT2D eigenvalue weighted by atomic mass is 16.6. The SMILES string of the molecule is COC(=O)/C(=C\c1ccccc1)CC(C)(CCC(C)=O)[N+](=O)[O-]. The minimum Gasteiger partial charge on any atom is -0.466 e. The Labute approximate surface area is 135 Å². The number of ketones is 1. The quantitative estimate of drug-likeness (QED) is 0.318. The highest BCUT2D eigenvalue weighted by Crippen LogP contribution is 2.27. The van der Waals surface area contributed by atoms with Gasteiger partial charge in [0.2, 0.25) is 5.54 Å². The number of carbonyl (C=O) groups excluding carboxylic acids is 2. The maximum absolute atomic E-state index is 12.0. The molecule has 0 aromatic heterocycles. The third-order valence-corrected chi connectivity index (χ3v) is 3.62. The molecule has 0 spiro atoms. The first-order chi connectivity index (χ1) is 10.8. The molecule has 0 aliphatic heterocycles. The molecule has 0 saturated heterocycles. The lowest BCUT2D eigenvalue weighted by molar-refractivity contribution is -0.565. The smallest absolute Gasteiger partial charge is 0.334 e. The highest BCUT2D eigenvalue weighted by molar-refractivity contribution is 5.93. The molecule has 0 aliphatic rings. The molecule has 1 rings (SSSR count). The lowest BCUT2D eigenvalue weighted by Gasteiger charge is -2.21. The van der Waals surface area contributed by atoms with Gasteiger partial charge in [-0.2, -0.15) is 0 Å². The molecule has 124 valence electrons. The Balaban J connectivity index is 3.11. The third-order valence-electron chi connectivity index (χ3n) is 3.62. The van der Waals surface area contributed by atoms with Gasteiger partial charge in [0.25, 0.3) is 0 Å². The molecule has 0 saturated carbocycles. The normalized spacial score (nSPS) is 14.0. The van der Waals surface area contributed by atoms with Crippen molar-refractivity contribution in [2.75, 3.05) is 7.11 Å². The van der Waals surface area contributed by atoms with E-state index in [-0.39, 0.29) is 30.6 Å². The van der Waals surface area contributed by atoms with E-state index < -0.39 is 16.4 Å². The summed E-state index contributed by atoms with van der Waals surface area (Å²) in [6.07, 6.45) is 1.64. The van der Waals surface area contributed by atoms with Crippen LogP contribution in [0.1, 0.15) is 38.7 Å². The Morgan fingerprint density at radius 2 is 1.91 bits per heavy atom. The second-order valence-electron chi connectivity index (χ2n) is 5.70. The topological polar surface area (TPSA) is 86.5 Å². The molecule has 1 aromatic carbocycles. The molecule has 1 unspecified atom stereocenters. The van der Waals surface area contributed by atoms with Crippen LogP contribution in [0.25, 0.3) is 6.08 Å². The van der Waals surface area contributed by atoms with Crippen molar-refractivity contribution < 1.29 is 19.2 Å². The molecule has 0 aliphatic carbocycles. The van der Waals surface area contributed by atoms with Gasteiger partial charge in [0, 0.05) is 36.7 Å². The molecule has 23 heavy (non-hydrogen) atoms. The van der Waals surface area contributed by atoms with Gasteiger partial charge < -0.3 is 9.53 Å². The van der Waals surface area contributed by atoms with Crippen LogP contribution in [0.15, 0.2) is 35.9 Å². The number of hydrogen-bond acceptors (Lipinski definition) is 5. The second-order valence-corrected chi connectivity index (χ2v) is 5.70. The van der Waals surface area contributed by atoms with E-state index in [0.29, 0.717) is 0 Å². The summed E-state index contributed by atoms with van der Waals surface area (Å²) in [4.78, 5) is 34.1. The highest BCUT2D eigenvalue weighted by Gasteiger charge is 2.39. The van der Waals surface area contributed by atoms with Crippen LogP contribution in [0.4, 0.5) is 0 Å². The summed E-state index contributed by atoms with van der Waals surface area (Å²) < 4.78 is 4.74. The van der Waals surface area contributed by atoms with Gasteiger partial charge in [0.1, 0.15) is 5.78 Å². The fourth-order valence-corrected chi connectivity index (χ4v) is 2.16. The lowest BCUT2D eigenvalue weighted by Crippen LogP contribution is -2.36. The largest absolute Gasteiger partial charge is 0.466 e. The summed E-state index contributed by atoms with van der Waals surface area (Å²) in [6, 6.07) is 9.04. The maximum atomic E-state index is 12.0. The fourth-order valence-electron chi connectivity index (χ4n) is 2.16. The minimum atomic E-state index is -1.40.